The van der Waals surface area contributed by atoms with Crippen molar-refractivity contribution in [2.45, 2.75) is 12.8 Å². The van der Waals surface area contributed by atoms with Crippen molar-refractivity contribution < 1.29 is 4.92 Å². The molecule has 22 heavy (non-hydrogen) atoms. The number of nitro groups is 1. The van der Waals surface area contributed by atoms with Crippen molar-refractivity contribution in [1.29, 1.82) is 0 Å². The molecule has 0 saturated carbocycles. The van der Waals surface area contributed by atoms with Gasteiger partial charge in [-0.1, -0.05) is 0 Å². The van der Waals surface area contributed by atoms with E-state index >= 15 is 0 Å². The Balaban J connectivity index is 1.45. The van der Waals surface area contributed by atoms with E-state index in [0.717, 1.165) is 38.4 Å². The molecule has 1 aromatic rings. The summed E-state index contributed by atoms with van der Waals surface area (Å²) in [6.45, 7) is 9.03. The summed E-state index contributed by atoms with van der Waals surface area (Å²) in [5, 5.41) is 10.7. The molecular formula is C16H24N4O2. The number of rotatable bonds is 5. The van der Waals surface area contributed by atoms with E-state index in [1.165, 1.54) is 32.5 Å². The van der Waals surface area contributed by atoms with Crippen LogP contribution in [0, 0.1) is 10.1 Å². The van der Waals surface area contributed by atoms with Gasteiger partial charge in [-0.05, 0) is 38.1 Å². The maximum atomic E-state index is 10.7. The van der Waals surface area contributed by atoms with Gasteiger partial charge in [-0.15, -0.1) is 0 Å². The van der Waals surface area contributed by atoms with Crippen molar-refractivity contribution in [3.8, 4) is 0 Å². The van der Waals surface area contributed by atoms with Crippen LogP contribution in [0.3, 0.4) is 0 Å². The minimum absolute atomic E-state index is 0.160. The molecule has 2 fully saturated rings. The summed E-state index contributed by atoms with van der Waals surface area (Å²) in [5.41, 5.74) is 1.25. The average molecular weight is 304 g/mol. The Bertz CT molecular complexity index is 491. The highest BCUT2D eigenvalue weighted by Crippen LogP contribution is 2.20. The van der Waals surface area contributed by atoms with Crippen molar-refractivity contribution in [2.75, 3.05) is 57.3 Å². The molecule has 0 bridgehead atoms. The van der Waals surface area contributed by atoms with Crippen LogP contribution in [-0.2, 0) is 0 Å². The zero-order valence-corrected chi connectivity index (χ0v) is 13.0. The third-order valence-corrected chi connectivity index (χ3v) is 4.73. The fourth-order valence-corrected chi connectivity index (χ4v) is 3.30. The smallest absolute Gasteiger partial charge is 0.269 e. The quantitative estimate of drug-likeness (QED) is 0.613. The number of hydrogen-bond donors (Lipinski definition) is 0. The second-order valence-electron chi connectivity index (χ2n) is 6.15. The topological polar surface area (TPSA) is 52.9 Å². The van der Waals surface area contributed by atoms with Crippen LogP contribution in [0.15, 0.2) is 24.3 Å². The standard InChI is InChI=1S/C16H24N4O2/c21-20(22)16-5-3-15(4-6-16)19-13-11-18(12-14-19)10-9-17-7-1-2-8-17/h3-6H,1-2,7-14H2. The van der Waals surface area contributed by atoms with Gasteiger partial charge in [0.05, 0.1) is 4.92 Å². The lowest BCUT2D eigenvalue weighted by Crippen LogP contribution is -2.48. The largest absolute Gasteiger partial charge is 0.369 e. The molecule has 120 valence electrons. The van der Waals surface area contributed by atoms with Gasteiger partial charge in [0.2, 0.25) is 0 Å². The zero-order valence-electron chi connectivity index (χ0n) is 13.0. The van der Waals surface area contributed by atoms with E-state index in [1.54, 1.807) is 12.1 Å². The number of nitrogens with zero attached hydrogens (tertiary/aromatic N) is 4. The van der Waals surface area contributed by atoms with E-state index in [4.69, 9.17) is 0 Å². The van der Waals surface area contributed by atoms with Crippen molar-refractivity contribution in [3.63, 3.8) is 0 Å². The summed E-state index contributed by atoms with van der Waals surface area (Å²) in [6, 6.07) is 6.90. The molecule has 0 radical (unpaired) electrons. The highest BCUT2D eigenvalue weighted by atomic mass is 16.6. The maximum Gasteiger partial charge on any atom is 0.269 e. The number of hydrogen-bond acceptors (Lipinski definition) is 5. The van der Waals surface area contributed by atoms with E-state index in [2.05, 4.69) is 14.7 Å². The molecule has 0 amide bonds. The Labute approximate surface area is 131 Å². The van der Waals surface area contributed by atoms with Crippen LogP contribution >= 0.6 is 0 Å². The number of non-ortho nitro benzene ring substituents is 1. The van der Waals surface area contributed by atoms with Gasteiger partial charge in [-0.2, -0.15) is 0 Å². The number of benzene rings is 1. The van der Waals surface area contributed by atoms with Gasteiger partial charge in [0.25, 0.3) is 5.69 Å². The van der Waals surface area contributed by atoms with Gasteiger partial charge in [-0.25, -0.2) is 0 Å². The summed E-state index contributed by atoms with van der Waals surface area (Å²) < 4.78 is 0. The van der Waals surface area contributed by atoms with Gasteiger partial charge in [0.1, 0.15) is 0 Å². The maximum absolute atomic E-state index is 10.7. The van der Waals surface area contributed by atoms with E-state index < -0.39 is 0 Å². The fourth-order valence-electron chi connectivity index (χ4n) is 3.30. The molecule has 0 N–H and O–H groups in total. The van der Waals surface area contributed by atoms with Crippen LogP contribution in [0.4, 0.5) is 11.4 Å². The lowest BCUT2D eigenvalue weighted by atomic mass is 10.2. The second kappa shape index (κ2) is 7.07. The van der Waals surface area contributed by atoms with Crippen molar-refractivity contribution in [1.82, 2.24) is 9.80 Å². The van der Waals surface area contributed by atoms with Crippen molar-refractivity contribution >= 4 is 11.4 Å². The van der Waals surface area contributed by atoms with Crippen LogP contribution in [0.2, 0.25) is 0 Å². The number of anilines is 1. The summed E-state index contributed by atoms with van der Waals surface area (Å²) in [7, 11) is 0. The Morgan fingerprint density at radius 1 is 0.864 bits per heavy atom. The molecule has 3 rings (SSSR count). The SMILES string of the molecule is O=[N+]([O-])c1ccc(N2CCN(CCN3CCCC3)CC2)cc1. The first kappa shape index (κ1) is 15.2. The van der Waals surface area contributed by atoms with Crippen LogP contribution in [0.25, 0.3) is 0 Å². The summed E-state index contributed by atoms with van der Waals surface area (Å²) in [6.07, 6.45) is 2.71. The highest BCUT2D eigenvalue weighted by Gasteiger charge is 2.19. The summed E-state index contributed by atoms with van der Waals surface area (Å²) >= 11 is 0. The van der Waals surface area contributed by atoms with Gasteiger partial charge < -0.3 is 9.80 Å². The predicted octanol–water partition coefficient (Wildman–Crippen LogP) is 1.81. The monoisotopic (exact) mass is 304 g/mol. The van der Waals surface area contributed by atoms with Crippen molar-refractivity contribution in [3.05, 3.63) is 34.4 Å². The molecule has 0 unspecified atom stereocenters. The zero-order chi connectivity index (χ0) is 15.4. The van der Waals surface area contributed by atoms with Crippen LogP contribution in [0.1, 0.15) is 12.8 Å². The molecule has 0 aliphatic carbocycles. The summed E-state index contributed by atoms with van der Waals surface area (Å²) in [5.74, 6) is 0. The third-order valence-electron chi connectivity index (χ3n) is 4.73. The predicted molar refractivity (Wildman–Crippen MR) is 87.4 cm³/mol. The van der Waals surface area contributed by atoms with Crippen LogP contribution in [-0.4, -0.2) is 67.1 Å². The first-order chi connectivity index (χ1) is 10.7. The van der Waals surface area contributed by atoms with Crippen LogP contribution < -0.4 is 4.90 Å². The molecule has 0 spiro atoms. The molecule has 6 nitrogen and oxygen atoms in total. The van der Waals surface area contributed by atoms with Gasteiger partial charge in [-0.3, -0.25) is 15.0 Å². The first-order valence-corrected chi connectivity index (χ1v) is 8.16. The normalized spacial score (nSPS) is 20.5. The lowest BCUT2D eigenvalue weighted by molar-refractivity contribution is -0.384. The Kier molecular flexibility index (Phi) is 4.90. The fraction of sp³-hybridized carbons (Fsp3) is 0.625. The Morgan fingerprint density at radius 3 is 1.95 bits per heavy atom. The van der Waals surface area contributed by atoms with E-state index in [0.29, 0.717) is 0 Å². The van der Waals surface area contributed by atoms with Crippen molar-refractivity contribution in [2.24, 2.45) is 0 Å². The minimum Gasteiger partial charge on any atom is -0.369 e. The average Bonchev–Trinajstić information content (AvgIpc) is 3.07. The van der Waals surface area contributed by atoms with Gasteiger partial charge in [0, 0.05) is 57.1 Å². The van der Waals surface area contributed by atoms with E-state index in [9.17, 15) is 10.1 Å². The number of nitro benzene ring substituents is 1. The molecule has 0 atom stereocenters. The Hall–Kier alpha value is -1.66. The van der Waals surface area contributed by atoms with Gasteiger partial charge >= 0.3 is 0 Å². The minimum atomic E-state index is -0.347. The number of piperazine rings is 1. The molecule has 2 aliphatic rings. The second-order valence-corrected chi connectivity index (χ2v) is 6.15. The molecular weight excluding hydrogens is 280 g/mol. The molecule has 6 heteroatoms. The first-order valence-electron chi connectivity index (χ1n) is 8.16. The number of likely N-dealkylation sites (tertiary alicyclic amines) is 1. The molecule has 2 saturated heterocycles. The highest BCUT2D eigenvalue weighted by molar-refractivity contribution is 5.51. The molecule has 2 heterocycles. The van der Waals surface area contributed by atoms with Crippen LogP contribution in [0.5, 0.6) is 0 Å². The molecule has 1 aromatic carbocycles. The molecule has 2 aliphatic heterocycles. The summed E-state index contributed by atoms with van der Waals surface area (Å²) in [4.78, 5) is 17.7. The Morgan fingerprint density at radius 2 is 1.41 bits per heavy atom. The lowest BCUT2D eigenvalue weighted by Gasteiger charge is -2.36. The third kappa shape index (κ3) is 3.75. The van der Waals surface area contributed by atoms with Gasteiger partial charge in [0.15, 0.2) is 0 Å². The van der Waals surface area contributed by atoms with E-state index in [1.807, 2.05) is 12.1 Å². The van der Waals surface area contributed by atoms with E-state index in [-0.39, 0.29) is 10.6 Å². The molecule has 0 aromatic heterocycles.